The van der Waals surface area contributed by atoms with E-state index in [2.05, 4.69) is 5.32 Å². The SMILES string of the molecule is COCCNC(=O)[C@@H]1CCCN(S(=O)(=O)c2cccs2)C1. The molecule has 21 heavy (non-hydrogen) atoms. The Balaban J connectivity index is 1.99. The van der Waals surface area contributed by atoms with Crippen molar-refractivity contribution in [1.29, 1.82) is 0 Å². The van der Waals surface area contributed by atoms with E-state index in [-0.39, 0.29) is 18.4 Å². The molecule has 0 bridgehead atoms. The smallest absolute Gasteiger partial charge is 0.252 e. The maximum atomic E-state index is 12.5. The van der Waals surface area contributed by atoms with Crippen molar-refractivity contribution in [3.05, 3.63) is 17.5 Å². The van der Waals surface area contributed by atoms with Crippen molar-refractivity contribution in [2.24, 2.45) is 5.92 Å². The average molecular weight is 332 g/mol. The van der Waals surface area contributed by atoms with Crippen LogP contribution >= 0.6 is 11.3 Å². The second kappa shape index (κ2) is 7.35. The Morgan fingerprint density at radius 3 is 3.05 bits per heavy atom. The third-order valence-electron chi connectivity index (χ3n) is 3.45. The highest BCUT2D eigenvalue weighted by Crippen LogP contribution is 2.26. The van der Waals surface area contributed by atoms with Crippen molar-refractivity contribution in [2.75, 3.05) is 33.4 Å². The minimum Gasteiger partial charge on any atom is -0.383 e. The van der Waals surface area contributed by atoms with Crippen LogP contribution in [0.5, 0.6) is 0 Å². The number of sulfonamides is 1. The number of carbonyl (C=O) groups is 1. The van der Waals surface area contributed by atoms with Gasteiger partial charge in [0, 0.05) is 26.7 Å². The van der Waals surface area contributed by atoms with E-state index in [9.17, 15) is 13.2 Å². The van der Waals surface area contributed by atoms with E-state index in [1.165, 1.54) is 15.6 Å². The summed E-state index contributed by atoms with van der Waals surface area (Å²) in [6.45, 7) is 1.63. The first kappa shape index (κ1) is 16.4. The molecular weight excluding hydrogens is 312 g/mol. The number of thiophene rings is 1. The van der Waals surface area contributed by atoms with Gasteiger partial charge in [0.05, 0.1) is 12.5 Å². The van der Waals surface area contributed by atoms with E-state index >= 15 is 0 Å². The normalized spacial score (nSPS) is 20.3. The van der Waals surface area contributed by atoms with Gasteiger partial charge in [-0.2, -0.15) is 4.31 Å². The molecule has 2 heterocycles. The summed E-state index contributed by atoms with van der Waals surface area (Å²) in [4.78, 5) is 12.0. The number of nitrogens with one attached hydrogen (secondary N) is 1. The fraction of sp³-hybridized carbons (Fsp3) is 0.615. The van der Waals surface area contributed by atoms with E-state index in [0.717, 1.165) is 6.42 Å². The fourth-order valence-electron chi connectivity index (χ4n) is 2.33. The lowest BCUT2D eigenvalue weighted by atomic mass is 9.99. The largest absolute Gasteiger partial charge is 0.383 e. The zero-order valence-corrected chi connectivity index (χ0v) is 13.6. The molecule has 6 nitrogen and oxygen atoms in total. The molecular formula is C13H20N2O4S2. The van der Waals surface area contributed by atoms with Crippen LogP contribution in [-0.4, -0.2) is 52.0 Å². The van der Waals surface area contributed by atoms with E-state index in [0.29, 0.717) is 30.3 Å². The predicted octanol–water partition coefficient (Wildman–Crippen LogP) is 0.911. The Bertz CT molecular complexity index is 557. The third kappa shape index (κ3) is 4.03. The van der Waals surface area contributed by atoms with Crippen LogP contribution in [0.1, 0.15) is 12.8 Å². The average Bonchev–Trinajstić information content (AvgIpc) is 3.02. The Morgan fingerprint density at radius 1 is 1.57 bits per heavy atom. The summed E-state index contributed by atoms with van der Waals surface area (Å²) in [6, 6.07) is 3.32. The first-order valence-corrected chi connectivity index (χ1v) is 9.18. The van der Waals surface area contributed by atoms with Crippen molar-refractivity contribution < 1.29 is 17.9 Å². The number of nitrogens with zero attached hydrogens (tertiary/aromatic N) is 1. The van der Waals surface area contributed by atoms with Gasteiger partial charge in [-0.3, -0.25) is 4.79 Å². The highest BCUT2D eigenvalue weighted by Gasteiger charge is 2.33. The van der Waals surface area contributed by atoms with Crippen LogP contribution in [-0.2, 0) is 19.6 Å². The Kier molecular flexibility index (Phi) is 5.74. The van der Waals surface area contributed by atoms with Crippen LogP contribution in [0.25, 0.3) is 0 Å². The van der Waals surface area contributed by atoms with Crippen molar-refractivity contribution in [3.63, 3.8) is 0 Å². The second-order valence-electron chi connectivity index (χ2n) is 4.92. The molecule has 8 heteroatoms. The van der Waals surface area contributed by atoms with Gasteiger partial charge < -0.3 is 10.1 Å². The molecule has 1 aromatic heterocycles. The van der Waals surface area contributed by atoms with Crippen LogP contribution in [0.4, 0.5) is 0 Å². The molecule has 0 aliphatic carbocycles. The number of rotatable bonds is 6. The van der Waals surface area contributed by atoms with Crippen LogP contribution in [0.3, 0.4) is 0 Å². The fourth-order valence-corrected chi connectivity index (χ4v) is 5.00. The van der Waals surface area contributed by atoms with Gasteiger partial charge >= 0.3 is 0 Å². The van der Waals surface area contributed by atoms with E-state index in [4.69, 9.17) is 4.74 Å². The molecule has 1 aliphatic heterocycles. The van der Waals surface area contributed by atoms with E-state index < -0.39 is 10.0 Å². The molecule has 0 saturated carbocycles. The van der Waals surface area contributed by atoms with Crippen LogP contribution < -0.4 is 5.32 Å². The summed E-state index contributed by atoms with van der Waals surface area (Å²) >= 11 is 1.20. The highest BCUT2D eigenvalue weighted by atomic mass is 32.2. The maximum absolute atomic E-state index is 12.5. The zero-order valence-electron chi connectivity index (χ0n) is 11.9. The summed E-state index contributed by atoms with van der Waals surface area (Å²) in [6.07, 6.45) is 1.42. The summed E-state index contributed by atoms with van der Waals surface area (Å²) in [7, 11) is -1.89. The molecule has 0 radical (unpaired) electrons. The number of carbonyl (C=O) groups excluding carboxylic acids is 1. The number of methoxy groups -OCH3 is 1. The molecule has 0 unspecified atom stereocenters. The Hall–Kier alpha value is -0.960. The first-order valence-electron chi connectivity index (χ1n) is 6.86. The summed E-state index contributed by atoms with van der Waals surface area (Å²) < 4.78 is 31.6. The minimum absolute atomic E-state index is 0.0990. The monoisotopic (exact) mass is 332 g/mol. The van der Waals surface area contributed by atoms with Crippen molar-refractivity contribution in [3.8, 4) is 0 Å². The summed E-state index contributed by atoms with van der Waals surface area (Å²) in [5.74, 6) is -0.386. The maximum Gasteiger partial charge on any atom is 0.252 e. The van der Waals surface area contributed by atoms with Gasteiger partial charge in [-0.15, -0.1) is 11.3 Å². The van der Waals surface area contributed by atoms with Gasteiger partial charge in [-0.05, 0) is 24.3 Å². The van der Waals surface area contributed by atoms with Gasteiger partial charge in [-0.25, -0.2) is 8.42 Å². The van der Waals surface area contributed by atoms with Crippen molar-refractivity contribution in [2.45, 2.75) is 17.1 Å². The molecule has 1 fully saturated rings. The molecule has 118 valence electrons. The number of ether oxygens (including phenoxy) is 1. The van der Waals surface area contributed by atoms with Gasteiger partial charge in [0.15, 0.2) is 0 Å². The Morgan fingerprint density at radius 2 is 2.38 bits per heavy atom. The minimum atomic E-state index is -3.46. The first-order chi connectivity index (χ1) is 10.1. The predicted molar refractivity (Wildman–Crippen MR) is 80.7 cm³/mol. The Labute approximate surface area is 129 Å². The van der Waals surface area contributed by atoms with Crippen LogP contribution in [0.2, 0.25) is 0 Å². The molecule has 1 aromatic rings. The topological polar surface area (TPSA) is 75.7 Å². The van der Waals surface area contributed by atoms with Gasteiger partial charge in [0.25, 0.3) is 10.0 Å². The molecule has 0 spiro atoms. The quantitative estimate of drug-likeness (QED) is 0.786. The molecule has 1 N–H and O–H groups in total. The number of amides is 1. The molecule has 1 saturated heterocycles. The van der Waals surface area contributed by atoms with Crippen LogP contribution in [0.15, 0.2) is 21.7 Å². The summed E-state index contributed by atoms with van der Waals surface area (Å²) in [5, 5.41) is 4.52. The molecule has 2 rings (SSSR count). The second-order valence-corrected chi connectivity index (χ2v) is 8.03. The molecule has 1 atom stereocenters. The molecule has 1 aliphatic rings. The van der Waals surface area contributed by atoms with Crippen molar-refractivity contribution in [1.82, 2.24) is 9.62 Å². The van der Waals surface area contributed by atoms with E-state index in [1.54, 1.807) is 24.6 Å². The van der Waals surface area contributed by atoms with Crippen LogP contribution in [0, 0.1) is 5.92 Å². The number of hydrogen-bond donors (Lipinski definition) is 1. The highest BCUT2D eigenvalue weighted by molar-refractivity contribution is 7.91. The number of piperidine rings is 1. The van der Waals surface area contributed by atoms with Gasteiger partial charge in [-0.1, -0.05) is 6.07 Å². The summed E-state index contributed by atoms with van der Waals surface area (Å²) in [5.41, 5.74) is 0. The standard InChI is InChI=1S/C13H20N2O4S2/c1-19-8-6-14-13(16)11-4-2-7-15(10-11)21(17,18)12-5-3-9-20-12/h3,5,9,11H,2,4,6-8,10H2,1H3,(H,14,16)/t11-/m1/s1. The van der Waals surface area contributed by atoms with Gasteiger partial charge in [0.1, 0.15) is 4.21 Å². The molecule has 1 amide bonds. The zero-order chi connectivity index (χ0) is 15.3. The molecule has 0 aromatic carbocycles. The number of hydrogen-bond acceptors (Lipinski definition) is 5. The van der Waals surface area contributed by atoms with Gasteiger partial charge in [0.2, 0.25) is 5.91 Å². The lowest BCUT2D eigenvalue weighted by Gasteiger charge is -2.30. The van der Waals surface area contributed by atoms with E-state index in [1.807, 2.05) is 0 Å². The third-order valence-corrected chi connectivity index (χ3v) is 6.69. The lowest BCUT2D eigenvalue weighted by molar-refractivity contribution is -0.126. The van der Waals surface area contributed by atoms with Crippen molar-refractivity contribution >= 4 is 27.3 Å². The lowest BCUT2D eigenvalue weighted by Crippen LogP contribution is -2.45.